The Morgan fingerprint density at radius 1 is 0.368 bits per heavy atom. The molecule has 266 valence electrons. The van der Waals surface area contributed by atoms with Gasteiger partial charge >= 0.3 is 0 Å². The summed E-state index contributed by atoms with van der Waals surface area (Å²) in [6.45, 7) is 0. The van der Waals surface area contributed by atoms with Gasteiger partial charge < -0.3 is 13.9 Å². The fourth-order valence-electron chi connectivity index (χ4n) is 9.16. The highest BCUT2D eigenvalue weighted by Gasteiger charge is 2.22. The van der Waals surface area contributed by atoms with Gasteiger partial charge in [-0.3, -0.25) is 0 Å². The fraction of sp³-hybridized carbons (Fsp3) is 0. The maximum Gasteiger partial charge on any atom is 0.145 e. The van der Waals surface area contributed by atoms with Gasteiger partial charge in [-0.05, 0) is 99.4 Å². The number of hydrogen-bond donors (Lipinski definition) is 0. The Labute approximate surface area is 328 Å². The first kappa shape index (κ1) is 31.7. The predicted molar refractivity (Wildman–Crippen MR) is 241 cm³/mol. The van der Waals surface area contributed by atoms with Crippen LogP contribution in [0.1, 0.15) is 0 Å². The van der Waals surface area contributed by atoms with Gasteiger partial charge in [0.05, 0.1) is 22.4 Å². The summed E-state index contributed by atoms with van der Waals surface area (Å²) >= 11 is 0. The van der Waals surface area contributed by atoms with E-state index in [2.05, 4.69) is 210 Å². The van der Waals surface area contributed by atoms with E-state index >= 15 is 0 Å². The molecular formula is C54H34N2O. The van der Waals surface area contributed by atoms with E-state index in [0.717, 1.165) is 61.0 Å². The van der Waals surface area contributed by atoms with Crippen molar-refractivity contribution in [2.75, 3.05) is 4.90 Å². The van der Waals surface area contributed by atoms with Gasteiger partial charge in [0.2, 0.25) is 0 Å². The van der Waals surface area contributed by atoms with Crippen molar-refractivity contribution < 1.29 is 4.42 Å². The highest BCUT2D eigenvalue weighted by Crippen LogP contribution is 2.47. The smallest absolute Gasteiger partial charge is 0.145 e. The van der Waals surface area contributed by atoms with Crippen molar-refractivity contribution in [2.45, 2.75) is 0 Å². The van der Waals surface area contributed by atoms with Gasteiger partial charge in [0.25, 0.3) is 0 Å². The normalized spacial score (nSPS) is 11.9. The lowest BCUT2D eigenvalue weighted by Gasteiger charge is -2.29. The monoisotopic (exact) mass is 726 g/mol. The van der Waals surface area contributed by atoms with Crippen LogP contribution in [0.4, 0.5) is 17.1 Å². The quantitative estimate of drug-likeness (QED) is 0.165. The number of anilines is 3. The van der Waals surface area contributed by atoms with Crippen molar-refractivity contribution in [3.8, 4) is 16.8 Å². The van der Waals surface area contributed by atoms with Crippen LogP contribution in [0.25, 0.3) is 92.9 Å². The summed E-state index contributed by atoms with van der Waals surface area (Å²) < 4.78 is 9.10. The SMILES string of the molecule is c1ccc(-n2c3ccccc3c3cc(-c4ccc(N(c5cc6ccccc6c6ccccc56)c5cccc6ccc7c8ccccc8oc7c56)cc4)ccc32)cc1. The summed E-state index contributed by atoms with van der Waals surface area (Å²) in [5.74, 6) is 0. The van der Waals surface area contributed by atoms with Crippen LogP contribution in [0.3, 0.4) is 0 Å². The van der Waals surface area contributed by atoms with Gasteiger partial charge in [-0.25, -0.2) is 0 Å². The van der Waals surface area contributed by atoms with Gasteiger partial charge in [0, 0.05) is 43.7 Å². The van der Waals surface area contributed by atoms with Gasteiger partial charge in [-0.15, -0.1) is 0 Å². The third-order valence-corrected chi connectivity index (χ3v) is 11.7. The average molecular weight is 727 g/mol. The second-order valence-corrected chi connectivity index (χ2v) is 14.9. The third-order valence-electron chi connectivity index (χ3n) is 11.7. The lowest BCUT2D eigenvalue weighted by molar-refractivity contribution is 0.672. The molecule has 0 radical (unpaired) electrons. The molecule has 2 aromatic heterocycles. The molecule has 3 nitrogen and oxygen atoms in total. The van der Waals surface area contributed by atoms with Crippen LogP contribution in [0, 0.1) is 0 Å². The molecule has 0 saturated heterocycles. The van der Waals surface area contributed by atoms with Crippen LogP contribution in [0.15, 0.2) is 211 Å². The number of nitrogens with zero attached hydrogens (tertiary/aromatic N) is 2. The molecule has 0 amide bonds. The number of para-hydroxylation sites is 3. The fourth-order valence-corrected chi connectivity index (χ4v) is 9.16. The summed E-state index contributed by atoms with van der Waals surface area (Å²) in [7, 11) is 0. The van der Waals surface area contributed by atoms with E-state index in [-0.39, 0.29) is 0 Å². The molecule has 0 atom stereocenters. The number of benzene rings is 10. The highest BCUT2D eigenvalue weighted by atomic mass is 16.3. The predicted octanol–water partition coefficient (Wildman–Crippen LogP) is 15.3. The topological polar surface area (TPSA) is 21.3 Å². The van der Waals surface area contributed by atoms with Crippen molar-refractivity contribution in [2.24, 2.45) is 0 Å². The summed E-state index contributed by atoms with van der Waals surface area (Å²) in [5.41, 5.74) is 11.0. The van der Waals surface area contributed by atoms with Gasteiger partial charge in [-0.1, -0.05) is 140 Å². The van der Waals surface area contributed by atoms with Gasteiger partial charge in [0.15, 0.2) is 0 Å². The second kappa shape index (κ2) is 12.5. The minimum atomic E-state index is 0.894. The van der Waals surface area contributed by atoms with Crippen molar-refractivity contribution >= 4 is 93.1 Å². The summed E-state index contributed by atoms with van der Waals surface area (Å²) in [6.07, 6.45) is 0. The number of hydrogen-bond acceptors (Lipinski definition) is 2. The first-order chi connectivity index (χ1) is 28.3. The van der Waals surface area contributed by atoms with E-state index in [1.165, 1.54) is 48.9 Å². The van der Waals surface area contributed by atoms with E-state index in [1.807, 2.05) is 6.07 Å². The van der Waals surface area contributed by atoms with Crippen LogP contribution in [-0.2, 0) is 0 Å². The molecule has 12 aromatic rings. The molecule has 0 bridgehead atoms. The molecule has 0 N–H and O–H groups in total. The average Bonchev–Trinajstić information content (AvgIpc) is 3.83. The van der Waals surface area contributed by atoms with E-state index in [1.54, 1.807) is 0 Å². The summed E-state index contributed by atoms with van der Waals surface area (Å²) in [6, 6.07) is 74.5. The summed E-state index contributed by atoms with van der Waals surface area (Å²) in [5, 5.41) is 11.8. The molecule has 3 heteroatoms. The molecular weight excluding hydrogens is 693 g/mol. The van der Waals surface area contributed by atoms with Crippen molar-refractivity contribution in [1.29, 1.82) is 0 Å². The molecule has 0 aliphatic rings. The Kier molecular flexibility index (Phi) is 6.93. The molecule has 0 unspecified atom stereocenters. The molecule has 0 aliphatic heterocycles. The molecule has 2 heterocycles. The Morgan fingerprint density at radius 3 is 1.89 bits per heavy atom. The lowest BCUT2D eigenvalue weighted by Crippen LogP contribution is -2.11. The van der Waals surface area contributed by atoms with E-state index in [9.17, 15) is 0 Å². The zero-order valence-corrected chi connectivity index (χ0v) is 30.9. The number of furan rings is 1. The second-order valence-electron chi connectivity index (χ2n) is 14.9. The van der Waals surface area contributed by atoms with Gasteiger partial charge in [-0.2, -0.15) is 0 Å². The minimum Gasteiger partial charge on any atom is -0.455 e. The zero-order chi connectivity index (χ0) is 37.5. The van der Waals surface area contributed by atoms with Crippen LogP contribution < -0.4 is 4.90 Å². The number of rotatable bonds is 5. The molecule has 57 heavy (non-hydrogen) atoms. The Hall–Kier alpha value is -7.62. The first-order valence-corrected chi connectivity index (χ1v) is 19.5. The van der Waals surface area contributed by atoms with Crippen molar-refractivity contribution in [1.82, 2.24) is 4.57 Å². The number of fused-ring (bicyclic) bond motifs is 11. The van der Waals surface area contributed by atoms with Crippen molar-refractivity contribution in [3.63, 3.8) is 0 Å². The zero-order valence-electron chi connectivity index (χ0n) is 30.9. The molecule has 0 aliphatic carbocycles. The minimum absolute atomic E-state index is 0.894. The van der Waals surface area contributed by atoms with E-state index in [0.29, 0.717) is 0 Å². The van der Waals surface area contributed by atoms with Crippen LogP contribution >= 0.6 is 0 Å². The van der Waals surface area contributed by atoms with Crippen molar-refractivity contribution in [3.05, 3.63) is 206 Å². The molecule has 12 rings (SSSR count). The van der Waals surface area contributed by atoms with Crippen LogP contribution in [-0.4, -0.2) is 4.57 Å². The number of aromatic nitrogens is 1. The Morgan fingerprint density at radius 2 is 1.04 bits per heavy atom. The maximum atomic E-state index is 6.73. The molecule has 0 spiro atoms. The van der Waals surface area contributed by atoms with Crippen LogP contribution in [0.5, 0.6) is 0 Å². The Balaban J connectivity index is 1.08. The highest BCUT2D eigenvalue weighted by molar-refractivity contribution is 6.21. The largest absolute Gasteiger partial charge is 0.455 e. The standard InChI is InChI=1S/C54H34N2O/c1-2-15-39(16-3-1)55-48-22-10-8-20-44(48)47-33-37(28-32-49(47)55)35-25-29-40(30-26-35)56(51-34-38-13-4-5-17-41(38)42-18-6-7-19-43(42)51)50-23-12-14-36-27-31-46-45-21-9-11-24-52(45)57-54(46)53(36)50/h1-34H. The maximum absolute atomic E-state index is 6.73. The molecule has 0 fully saturated rings. The third kappa shape index (κ3) is 4.86. The molecule has 10 aromatic carbocycles. The molecule has 0 saturated carbocycles. The van der Waals surface area contributed by atoms with Crippen LogP contribution in [0.2, 0.25) is 0 Å². The Bertz CT molecular complexity index is 3520. The lowest BCUT2D eigenvalue weighted by atomic mass is 9.97. The first-order valence-electron chi connectivity index (χ1n) is 19.5. The summed E-state index contributed by atoms with van der Waals surface area (Å²) in [4.78, 5) is 2.43. The van der Waals surface area contributed by atoms with E-state index < -0.39 is 0 Å². The van der Waals surface area contributed by atoms with Gasteiger partial charge in [0.1, 0.15) is 11.2 Å². The van der Waals surface area contributed by atoms with E-state index in [4.69, 9.17) is 4.42 Å².